The SMILES string of the molecule is CCCOCCC(N)c1cc(Br)ccc1F. The molecule has 4 heteroatoms. The Morgan fingerprint density at radius 2 is 2.19 bits per heavy atom. The number of halogens is 2. The lowest BCUT2D eigenvalue weighted by molar-refractivity contribution is 0.127. The van der Waals surface area contributed by atoms with Gasteiger partial charge in [0.25, 0.3) is 0 Å². The molecule has 16 heavy (non-hydrogen) atoms. The van der Waals surface area contributed by atoms with E-state index >= 15 is 0 Å². The summed E-state index contributed by atoms with van der Waals surface area (Å²) in [5.74, 6) is -0.258. The van der Waals surface area contributed by atoms with Crippen LogP contribution in [0.2, 0.25) is 0 Å². The molecule has 0 amide bonds. The molecule has 0 heterocycles. The van der Waals surface area contributed by atoms with Crippen molar-refractivity contribution in [3.8, 4) is 0 Å². The molecule has 90 valence electrons. The van der Waals surface area contributed by atoms with Gasteiger partial charge in [0, 0.05) is 29.3 Å². The second-order valence-electron chi connectivity index (χ2n) is 3.67. The molecule has 0 radical (unpaired) electrons. The van der Waals surface area contributed by atoms with Crippen molar-refractivity contribution in [1.29, 1.82) is 0 Å². The molecule has 0 aliphatic heterocycles. The summed E-state index contributed by atoms with van der Waals surface area (Å²) < 4.78 is 19.6. The Labute approximate surface area is 104 Å². The highest BCUT2D eigenvalue weighted by atomic mass is 79.9. The van der Waals surface area contributed by atoms with Gasteiger partial charge in [0.1, 0.15) is 5.82 Å². The van der Waals surface area contributed by atoms with E-state index in [1.807, 2.05) is 6.92 Å². The molecule has 0 aliphatic rings. The van der Waals surface area contributed by atoms with Crippen LogP contribution in [0.4, 0.5) is 4.39 Å². The molecule has 0 spiro atoms. The Bertz CT molecular complexity index is 333. The summed E-state index contributed by atoms with van der Waals surface area (Å²) in [5.41, 5.74) is 6.44. The molecule has 0 saturated carbocycles. The fourth-order valence-electron chi connectivity index (χ4n) is 1.41. The first kappa shape index (κ1) is 13.6. The van der Waals surface area contributed by atoms with Gasteiger partial charge < -0.3 is 10.5 Å². The zero-order valence-electron chi connectivity index (χ0n) is 9.38. The smallest absolute Gasteiger partial charge is 0.128 e. The van der Waals surface area contributed by atoms with Crippen LogP contribution in [0.15, 0.2) is 22.7 Å². The molecule has 0 saturated heterocycles. The number of ether oxygens (including phenoxy) is 1. The zero-order valence-corrected chi connectivity index (χ0v) is 11.0. The third-order valence-electron chi connectivity index (χ3n) is 2.28. The summed E-state index contributed by atoms with van der Waals surface area (Å²) in [6.45, 7) is 3.35. The molecule has 1 aromatic rings. The third kappa shape index (κ3) is 4.20. The van der Waals surface area contributed by atoms with E-state index in [-0.39, 0.29) is 11.9 Å². The largest absolute Gasteiger partial charge is 0.381 e. The van der Waals surface area contributed by atoms with Crippen molar-refractivity contribution >= 4 is 15.9 Å². The topological polar surface area (TPSA) is 35.2 Å². The highest BCUT2D eigenvalue weighted by molar-refractivity contribution is 9.10. The lowest BCUT2D eigenvalue weighted by Crippen LogP contribution is -2.15. The van der Waals surface area contributed by atoms with Crippen LogP contribution in [0.3, 0.4) is 0 Å². The quantitative estimate of drug-likeness (QED) is 0.815. The monoisotopic (exact) mass is 289 g/mol. The molecular formula is C12H17BrFNO. The maximum Gasteiger partial charge on any atom is 0.128 e. The summed E-state index contributed by atoms with van der Waals surface area (Å²) in [6, 6.07) is 4.50. The Balaban J connectivity index is 2.51. The molecule has 0 bridgehead atoms. The minimum Gasteiger partial charge on any atom is -0.381 e. The van der Waals surface area contributed by atoms with Gasteiger partial charge in [-0.25, -0.2) is 4.39 Å². The van der Waals surface area contributed by atoms with Gasteiger partial charge in [0.2, 0.25) is 0 Å². The maximum atomic E-state index is 13.5. The predicted octanol–water partition coefficient (Wildman–Crippen LogP) is 3.40. The molecule has 0 aliphatic carbocycles. The van der Waals surface area contributed by atoms with Gasteiger partial charge in [-0.05, 0) is 31.0 Å². The van der Waals surface area contributed by atoms with E-state index in [0.29, 0.717) is 18.6 Å². The molecule has 1 atom stereocenters. The number of benzene rings is 1. The van der Waals surface area contributed by atoms with Crippen molar-refractivity contribution in [1.82, 2.24) is 0 Å². The molecule has 2 N–H and O–H groups in total. The van der Waals surface area contributed by atoms with Gasteiger partial charge in [-0.3, -0.25) is 0 Å². The van der Waals surface area contributed by atoms with Crippen molar-refractivity contribution in [3.05, 3.63) is 34.1 Å². The number of hydrogen-bond donors (Lipinski definition) is 1. The van der Waals surface area contributed by atoms with Gasteiger partial charge >= 0.3 is 0 Å². The van der Waals surface area contributed by atoms with Crippen LogP contribution >= 0.6 is 15.9 Å². The van der Waals surface area contributed by atoms with E-state index in [9.17, 15) is 4.39 Å². The van der Waals surface area contributed by atoms with Crippen LogP contribution in [0.25, 0.3) is 0 Å². The third-order valence-corrected chi connectivity index (χ3v) is 2.77. The van der Waals surface area contributed by atoms with Crippen LogP contribution in [-0.4, -0.2) is 13.2 Å². The molecular weight excluding hydrogens is 273 g/mol. The highest BCUT2D eigenvalue weighted by Crippen LogP contribution is 2.22. The Morgan fingerprint density at radius 1 is 1.44 bits per heavy atom. The first-order valence-corrected chi connectivity index (χ1v) is 6.22. The first-order chi connectivity index (χ1) is 7.65. The lowest BCUT2D eigenvalue weighted by Gasteiger charge is -2.13. The van der Waals surface area contributed by atoms with Gasteiger partial charge in [-0.2, -0.15) is 0 Å². The van der Waals surface area contributed by atoms with E-state index in [2.05, 4.69) is 15.9 Å². The Kier molecular flexibility index (Phi) is 5.95. The van der Waals surface area contributed by atoms with Crippen molar-refractivity contribution < 1.29 is 9.13 Å². The number of rotatable bonds is 6. The summed E-state index contributed by atoms with van der Waals surface area (Å²) in [4.78, 5) is 0. The molecule has 2 nitrogen and oxygen atoms in total. The van der Waals surface area contributed by atoms with Crippen molar-refractivity contribution in [2.75, 3.05) is 13.2 Å². The van der Waals surface area contributed by atoms with Crippen LogP contribution in [0, 0.1) is 5.82 Å². The molecule has 1 unspecified atom stereocenters. The fraction of sp³-hybridized carbons (Fsp3) is 0.500. The van der Waals surface area contributed by atoms with E-state index in [1.54, 1.807) is 12.1 Å². The Hall–Kier alpha value is -0.450. The predicted molar refractivity (Wildman–Crippen MR) is 66.8 cm³/mol. The summed E-state index contributed by atoms with van der Waals surface area (Å²) >= 11 is 3.30. The summed E-state index contributed by atoms with van der Waals surface area (Å²) in [5, 5.41) is 0. The van der Waals surface area contributed by atoms with Gasteiger partial charge in [0.15, 0.2) is 0 Å². The second kappa shape index (κ2) is 6.99. The fourth-order valence-corrected chi connectivity index (χ4v) is 1.79. The molecule has 1 rings (SSSR count). The minimum atomic E-state index is -0.311. The zero-order chi connectivity index (χ0) is 12.0. The van der Waals surface area contributed by atoms with E-state index in [1.165, 1.54) is 6.07 Å². The van der Waals surface area contributed by atoms with Gasteiger partial charge in [-0.1, -0.05) is 22.9 Å². The second-order valence-corrected chi connectivity index (χ2v) is 4.59. The molecule has 0 fully saturated rings. The van der Waals surface area contributed by atoms with Crippen LogP contribution < -0.4 is 5.73 Å². The molecule has 1 aromatic carbocycles. The highest BCUT2D eigenvalue weighted by Gasteiger charge is 2.11. The van der Waals surface area contributed by atoms with Crippen LogP contribution in [-0.2, 0) is 4.74 Å². The standard InChI is InChI=1S/C12H17BrFNO/c1-2-6-16-7-5-12(15)10-8-9(13)3-4-11(10)14/h3-4,8,12H,2,5-7,15H2,1H3. The number of nitrogens with two attached hydrogens (primary N) is 1. The number of hydrogen-bond acceptors (Lipinski definition) is 2. The first-order valence-electron chi connectivity index (χ1n) is 5.43. The van der Waals surface area contributed by atoms with Crippen LogP contribution in [0.1, 0.15) is 31.4 Å². The van der Waals surface area contributed by atoms with Crippen molar-refractivity contribution in [2.24, 2.45) is 5.73 Å². The average molecular weight is 290 g/mol. The van der Waals surface area contributed by atoms with E-state index in [0.717, 1.165) is 17.5 Å². The van der Waals surface area contributed by atoms with Crippen molar-refractivity contribution in [2.45, 2.75) is 25.8 Å². The summed E-state index contributed by atoms with van der Waals surface area (Å²) in [7, 11) is 0. The normalized spacial score (nSPS) is 12.8. The van der Waals surface area contributed by atoms with Gasteiger partial charge in [-0.15, -0.1) is 0 Å². The van der Waals surface area contributed by atoms with Crippen LogP contribution in [0.5, 0.6) is 0 Å². The molecule has 0 aromatic heterocycles. The Morgan fingerprint density at radius 3 is 2.88 bits per heavy atom. The maximum absolute atomic E-state index is 13.5. The van der Waals surface area contributed by atoms with Crippen molar-refractivity contribution in [3.63, 3.8) is 0 Å². The summed E-state index contributed by atoms with van der Waals surface area (Å²) in [6.07, 6.45) is 1.62. The minimum absolute atomic E-state index is 0.258. The van der Waals surface area contributed by atoms with Gasteiger partial charge in [0.05, 0.1) is 0 Å². The van der Waals surface area contributed by atoms with E-state index in [4.69, 9.17) is 10.5 Å². The lowest BCUT2D eigenvalue weighted by atomic mass is 10.0. The van der Waals surface area contributed by atoms with E-state index < -0.39 is 0 Å². The average Bonchev–Trinajstić information content (AvgIpc) is 2.27.